The minimum atomic E-state index is -4.85. The molecule has 0 radical (unpaired) electrons. The van der Waals surface area contributed by atoms with E-state index >= 15 is 0 Å². The topological polar surface area (TPSA) is 222 Å². The number of aliphatic hydroxyl groups is 2. The highest BCUT2D eigenvalue weighted by Gasteiger charge is 2.46. The van der Waals surface area contributed by atoms with Gasteiger partial charge in [0, 0.05) is 5.02 Å². The van der Waals surface area contributed by atoms with Crippen molar-refractivity contribution in [1.82, 2.24) is 25.0 Å². The van der Waals surface area contributed by atoms with Gasteiger partial charge in [-0.05, 0) is 30.2 Å². The Bertz CT molecular complexity index is 1390. The number of aliphatic hydroxyl groups excluding tert-OH is 2. The van der Waals surface area contributed by atoms with E-state index in [1.807, 2.05) is 19.1 Å². The predicted molar refractivity (Wildman–Crippen MR) is 130 cm³/mol. The van der Waals surface area contributed by atoms with Gasteiger partial charge in [-0.2, -0.15) is 14.6 Å². The molecular weight excluding hydrogens is 577 g/mol. The third kappa shape index (κ3) is 6.47. The third-order valence-electron chi connectivity index (χ3n) is 5.40. The van der Waals surface area contributed by atoms with E-state index < -0.39 is 52.2 Å². The molecule has 1 aliphatic heterocycles. The monoisotopic (exact) mass is 598 g/mol. The van der Waals surface area contributed by atoms with Gasteiger partial charge in [0.05, 0.1) is 12.6 Å². The van der Waals surface area contributed by atoms with Crippen LogP contribution in [0.15, 0.2) is 24.3 Å². The second kappa shape index (κ2) is 10.8. The fraction of sp³-hybridized carbons (Fsp3) is 0.444. The van der Waals surface area contributed by atoms with Crippen molar-refractivity contribution in [2.24, 2.45) is 0 Å². The van der Waals surface area contributed by atoms with Crippen LogP contribution < -0.4 is 5.32 Å². The summed E-state index contributed by atoms with van der Waals surface area (Å²) in [6.45, 7) is 1.08. The van der Waals surface area contributed by atoms with Gasteiger partial charge < -0.3 is 39.5 Å². The van der Waals surface area contributed by atoms with Gasteiger partial charge in [0.2, 0.25) is 5.28 Å². The molecule has 6 atom stereocenters. The van der Waals surface area contributed by atoms with Crippen molar-refractivity contribution in [3.8, 4) is 0 Å². The van der Waals surface area contributed by atoms with Crippen molar-refractivity contribution in [3.05, 3.63) is 40.1 Å². The second-order valence-corrected chi connectivity index (χ2v) is 13.0. The Kier molecular flexibility index (Phi) is 8.25. The van der Waals surface area contributed by atoms with E-state index in [9.17, 15) is 24.2 Å². The number of nitrogens with zero attached hydrogens (tertiary/aromatic N) is 5. The summed E-state index contributed by atoms with van der Waals surface area (Å²) in [4.78, 5) is 35.7. The van der Waals surface area contributed by atoms with Gasteiger partial charge in [-0.25, -0.2) is 0 Å². The van der Waals surface area contributed by atoms with E-state index in [4.69, 9.17) is 42.2 Å². The lowest BCUT2D eigenvalue weighted by Crippen LogP contribution is -2.33. The molecule has 3 heterocycles. The van der Waals surface area contributed by atoms with Crippen LogP contribution in [0, 0.1) is 0 Å². The minimum absolute atomic E-state index is 0.0426. The Morgan fingerprint density at radius 2 is 1.86 bits per heavy atom. The molecule has 2 unspecified atom stereocenters. The molecule has 0 bridgehead atoms. The van der Waals surface area contributed by atoms with Crippen molar-refractivity contribution in [2.45, 2.75) is 37.5 Å². The van der Waals surface area contributed by atoms with E-state index in [-0.39, 0.29) is 28.3 Å². The maximum Gasteiger partial charge on any atom is 0.340 e. The maximum atomic E-state index is 11.9. The van der Waals surface area contributed by atoms with Gasteiger partial charge in [0.1, 0.15) is 18.3 Å². The molecule has 0 saturated carbocycles. The second-order valence-electron chi connectivity index (χ2n) is 8.22. The molecule has 1 fully saturated rings. The van der Waals surface area contributed by atoms with Gasteiger partial charge >= 0.3 is 15.2 Å². The Balaban J connectivity index is 1.56. The van der Waals surface area contributed by atoms with Crippen LogP contribution in [-0.2, 0) is 18.4 Å². The summed E-state index contributed by atoms with van der Waals surface area (Å²) in [5.41, 5.74) is 0.982. The highest BCUT2D eigenvalue weighted by molar-refractivity contribution is 7.70. The quantitative estimate of drug-likeness (QED) is 0.152. The van der Waals surface area contributed by atoms with Crippen LogP contribution in [0.4, 0.5) is 5.82 Å². The zero-order valence-corrected chi connectivity index (χ0v) is 22.2. The molecule has 15 nitrogen and oxygen atoms in total. The minimum Gasteiger partial charge on any atom is -0.387 e. The van der Waals surface area contributed by atoms with Gasteiger partial charge in [-0.3, -0.25) is 9.13 Å². The number of nitrogens with one attached hydrogen (secondary N) is 1. The zero-order valence-electron chi connectivity index (χ0n) is 18.9. The molecule has 0 aliphatic carbocycles. The Hall–Kier alpha value is -1.74. The molecule has 2 aromatic heterocycles. The first-order valence-corrected chi connectivity index (χ1v) is 14.9. The van der Waals surface area contributed by atoms with Crippen LogP contribution in [0.25, 0.3) is 11.2 Å². The van der Waals surface area contributed by atoms with Crippen molar-refractivity contribution in [2.75, 3.05) is 17.8 Å². The van der Waals surface area contributed by atoms with Crippen molar-refractivity contribution in [3.63, 3.8) is 0 Å². The molecule has 1 aromatic carbocycles. The number of hydrogen-bond donors (Lipinski definition) is 6. The first-order chi connectivity index (χ1) is 17.3. The highest BCUT2D eigenvalue weighted by Crippen LogP contribution is 2.55. The zero-order chi connectivity index (χ0) is 27.1. The number of benzene rings is 1. The van der Waals surface area contributed by atoms with Gasteiger partial charge in [0.25, 0.3) is 0 Å². The lowest BCUT2D eigenvalue weighted by Gasteiger charge is -2.18. The number of fused-ring (bicyclic) bond motifs is 1. The summed E-state index contributed by atoms with van der Waals surface area (Å²) in [6, 6.07) is 6.85. The molecule has 4 rings (SSSR count). The summed E-state index contributed by atoms with van der Waals surface area (Å²) in [6.07, 6.45) is -5.94. The van der Waals surface area contributed by atoms with Crippen molar-refractivity contribution in [1.29, 1.82) is 0 Å². The molecule has 3 aromatic rings. The van der Waals surface area contributed by atoms with E-state index in [1.54, 1.807) is 12.1 Å². The summed E-state index contributed by atoms with van der Waals surface area (Å²) < 4.78 is 34.3. The van der Waals surface area contributed by atoms with E-state index in [0.717, 1.165) is 10.2 Å². The van der Waals surface area contributed by atoms with E-state index in [1.165, 1.54) is 0 Å². The summed E-state index contributed by atoms with van der Waals surface area (Å²) in [7, 11) is -9.56. The Morgan fingerprint density at radius 3 is 2.54 bits per heavy atom. The fourth-order valence-corrected chi connectivity index (χ4v) is 6.75. The standard InChI is InChI=1S/C18H22Cl2N6O9P2/c1-8(9-4-2-3-5-10(9)19)21-15-12-16(23-18(20)22-15)26(25-24-12)17-14(28)13(27)11(35-17)6-34-37(32,33)7-36(29,30)31/h2-5,8,11,13-14,17,27-28H,6-7H2,1H3,(H,32,33)(H,21,22,23)(H2,29,30,31)/t8?,11-,13-,14-,17-/m1/s1. The van der Waals surface area contributed by atoms with Crippen LogP contribution in [0.5, 0.6) is 0 Å². The molecule has 0 amide bonds. The number of hydrogen-bond acceptors (Lipinski definition) is 11. The third-order valence-corrected chi connectivity index (χ3v) is 9.37. The Labute approximate surface area is 219 Å². The van der Waals surface area contributed by atoms with E-state index in [0.29, 0.717) is 5.02 Å². The molecule has 202 valence electrons. The molecule has 6 N–H and O–H groups in total. The summed E-state index contributed by atoms with van der Waals surface area (Å²) in [5, 5.41) is 32.4. The first kappa shape index (κ1) is 28.3. The predicted octanol–water partition coefficient (Wildman–Crippen LogP) is 1.66. The van der Waals surface area contributed by atoms with Crippen LogP contribution in [0.1, 0.15) is 24.8 Å². The maximum absolute atomic E-state index is 11.9. The van der Waals surface area contributed by atoms with Crippen LogP contribution in [0.3, 0.4) is 0 Å². The first-order valence-electron chi connectivity index (χ1n) is 10.6. The number of aromatic nitrogens is 5. The molecule has 19 heteroatoms. The average Bonchev–Trinajstić information content (AvgIpc) is 3.32. The van der Waals surface area contributed by atoms with Gasteiger partial charge in [0.15, 0.2) is 29.1 Å². The van der Waals surface area contributed by atoms with Crippen LogP contribution in [0.2, 0.25) is 10.3 Å². The molecule has 1 saturated heterocycles. The lowest BCUT2D eigenvalue weighted by molar-refractivity contribution is -0.0549. The van der Waals surface area contributed by atoms with Crippen LogP contribution in [-0.4, -0.2) is 80.7 Å². The average molecular weight is 599 g/mol. The lowest BCUT2D eigenvalue weighted by atomic mass is 10.1. The van der Waals surface area contributed by atoms with Crippen molar-refractivity contribution < 1.29 is 43.3 Å². The number of rotatable bonds is 9. The summed E-state index contributed by atoms with van der Waals surface area (Å²) >= 11 is 12.4. The van der Waals surface area contributed by atoms with Crippen molar-refractivity contribution >= 4 is 55.4 Å². The highest BCUT2D eigenvalue weighted by atomic mass is 35.5. The van der Waals surface area contributed by atoms with Gasteiger partial charge in [-0.1, -0.05) is 35.0 Å². The molecule has 0 spiro atoms. The fourth-order valence-electron chi connectivity index (χ4n) is 3.72. The number of halogens is 2. The molecule has 37 heavy (non-hydrogen) atoms. The van der Waals surface area contributed by atoms with Gasteiger partial charge in [-0.15, -0.1) is 5.10 Å². The normalized spacial score (nSPS) is 24.8. The van der Waals surface area contributed by atoms with E-state index in [2.05, 4.69) is 25.6 Å². The molecular formula is C18H22Cl2N6O9P2. The summed E-state index contributed by atoms with van der Waals surface area (Å²) in [5.74, 6) is -1.21. The number of anilines is 1. The molecule has 1 aliphatic rings. The SMILES string of the molecule is CC(Nc1nc(Cl)nc2c1nnn2[C@@H]1O[C@H](COP(=O)(O)CP(=O)(O)O)[C@@H](O)[C@H]1O)c1ccccc1Cl. The Morgan fingerprint density at radius 1 is 1.16 bits per heavy atom. The van der Waals surface area contributed by atoms with Crippen LogP contribution >= 0.6 is 38.4 Å². The smallest absolute Gasteiger partial charge is 0.340 e. The number of ether oxygens (including phenoxy) is 1. The largest absolute Gasteiger partial charge is 0.387 e.